The Morgan fingerprint density at radius 1 is 1.30 bits per heavy atom. The zero-order valence-corrected chi connectivity index (χ0v) is 12.7. The summed E-state index contributed by atoms with van der Waals surface area (Å²) in [6.45, 7) is 5.22. The molecule has 7 nitrogen and oxygen atoms in total. The molecule has 0 saturated heterocycles. The number of nitrogens with two attached hydrogens (primary N) is 1. The topological polar surface area (TPSA) is 111 Å². The number of methoxy groups -OCH3 is 1. The van der Waals surface area contributed by atoms with Gasteiger partial charge >= 0.3 is 6.03 Å². The number of nitrogen functional groups attached to an aromatic ring is 1. The van der Waals surface area contributed by atoms with Crippen LogP contribution in [0.15, 0.2) is 23.1 Å². The molecule has 0 aliphatic heterocycles. The fourth-order valence-electron chi connectivity index (χ4n) is 1.45. The van der Waals surface area contributed by atoms with E-state index in [1.165, 1.54) is 25.3 Å². The second kappa shape index (κ2) is 5.58. The van der Waals surface area contributed by atoms with E-state index >= 15 is 0 Å². The number of carbonyl (C=O) groups excluding carboxylic acids is 1. The van der Waals surface area contributed by atoms with Crippen molar-refractivity contribution in [2.24, 2.45) is 0 Å². The number of hydrogen-bond acceptors (Lipinski definition) is 5. The summed E-state index contributed by atoms with van der Waals surface area (Å²) in [5.74, 6) is 0.0704. The number of carbonyl (C=O) groups is 1. The van der Waals surface area contributed by atoms with E-state index in [1.807, 2.05) is 4.72 Å². The summed E-state index contributed by atoms with van der Waals surface area (Å²) in [5, 5.41) is 2.50. The normalized spacial score (nSPS) is 11.8. The summed E-state index contributed by atoms with van der Waals surface area (Å²) in [5.41, 5.74) is 5.37. The summed E-state index contributed by atoms with van der Waals surface area (Å²) < 4.78 is 31.1. The molecule has 1 rings (SSSR count). The molecule has 0 radical (unpaired) electrons. The van der Waals surface area contributed by atoms with Gasteiger partial charge in [0.25, 0.3) is 10.0 Å². The fraction of sp³-hybridized carbons (Fsp3) is 0.417. The molecule has 0 fully saturated rings. The first-order valence-corrected chi connectivity index (χ1v) is 7.32. The van der Waals surface area contributed by atoms with Crippen molar-refractivity contribution in [3.8, 4) is 5.75 Å². The van der Waals surface area contributed by atoms with Crippen molar-refractivity contribution in [2.45, 2.75) is 31.2 Å². The lowest BCUT2D eigenvalue weighted by Crippen LogP contribution is -2.48. The Morgan fingerprint density at radius 2 is 1.90 bits per heavy atom. The van der Waals surface area contributed by atoms with Gasteiger partial charge in [0.15, 0.2) is 0 Å². The number of nitrogens with one attached hydrogen (secondary N) is 2. The maximum Gasteiger partial charge on any atom is 0.329 e. The standard InChI is InChI=1S/C12H19N3O4S/c1-12(2,3)14-11(16)15-20(17,18)10-6-5-8(13)7-9(10)19-4/h5-7H,13H2,1-4H3,(H2,14,15,16). The van der Waals surface area contributed by atoms with Gasteiger partial charge in [-0.2, -0.15) is 0 Å². The molecule has 20 heavy (non-hydrogen) atoms. The minimum Gasteiger partial charge on any atom is -0.495 e. The van der Waals surface area contributed by atoms with Crippen molar-refractivity contribution in [3.63, 3.8) is 0 Å². The number of ether oxygens (including phenoxy) is 1. The zero-order chi connectivity index (χ0) is 15.6. The number of sulfonamides is 1. The van der Waals surface area contributed by atoms with Gasteiger partial charge in [-0.3, -0.25) is 0 Å². The second-order valence-electron chi connectivity index (χ2n) is 5.22. The Balaban J connectivity index is 3.03. The second-order valence-corrected chi connectivity index (χ2v) is 6.87. The third-order valence-electron chi connectivity index (χ3n) is 2.19. The summed E-state index contributed by atoms with van der Waals surface area (Å²) >= 11 is 0. The molecule has 0 saturated carbocycles. The van der Waals surface area contributed by atoms with E-state index in [0.29, 0.717) is 5.69 Å². The Hall–Kier alpha value is -1.96. The highest BCUT2D eigenvalue weighted by molar-refractivity contribution is 7.90. The van der Waals surface area contributed by atoms with Gasteiger partial charge < -0.3 is 15.8 Å². The van der Waals surface area contributed by atoms with E-state index in [1.54, 1.807) is 20.8 Å². The minimum absolute atomic E-state index is 0.0704. The summed E-state index contributed by atoms with van der Waals surface area (Å²) in [4.78, 5) is 11.5. The summed E-state index contributed by atoms with van der Waals surface area (Å²) in [7, 11) is -2.71. The Kier molecular flexibility index (Phi) is 4.49. The lowest BCUT2D eigenvalue weighted by molar-refractivity contribution is 0.237. The van der Waals surface area contributed by atoms with Crippen LogP contribution in [0.2, 0.25) is 0 Å². The molecule has 112 valence electrons. The van der Waals surface area contributed by atoms with Crippen molar-refractivity contribution >= 4 is 21.7 Å². The largest absolute Gasteiger partial charge is 0.495 e. The highest BCUT2D eigenvalue weighted by atomic mass is 32.2. The number of urea groups is 1. The van der Waals surface area contributed by atoms with Crippen molar-refractivity contribution in [3.05, 3.63) is 18.2 Å². The SMILES string of the molecule is COc1cc(N)ccc1S(=O)(=O)NC(=O)NC(C)(C)C. The first kappa shape index (κ1) is 16.1. The van der Waals surface area contributed by atoms with Crippen LogP contribution < -0.4 is 20.5 Å². The predicted molar refractivity (Wildman–Crippen MR) is 76.0 cm³/mol. The van der Waals surface area contributed by atoms with E-state index in [4.69, 9.17) is 10.5 Å². The van der Waals surface area contributed by atoms with Gasteiger partial charge in [-0.05, 0) is 32.9 Å². The van der Waals surface area contributed by atoms with E-state index in [9.17, 15) is 13.2 Å². The van der Waals surface area contributed by atoms with Gasteiger partial charge in [0.2, 0.25) is 0 Å². The maximum absolute atomic E-state index is 12.1. The zero-order valence-electron chi connectivity index (χ0n) is 11.9. The molecule has 0 atom stereocenters. The smallest absolute Gasteiger partial charge is 0.329 e. The monoisotopic (exact) mass is 301 g/mol. The van der Waals surface area contributed by atoms with Crippen LogP contribution >= 0.6 is 0 Å². The molecule has 0 aliphatic rings. The Morgan fingerprint density at radius 3 is 2.40 bits per heavy atom. The van der Waals surface area contributed by atoms with E-state index < -0.39 is 21.6 Å². The molecule has 8 heteroatoms. The molecular formula is C12H19N3O4S. The van der Waals surface area contributed by atoms with Crippen LogP contribution in [0.4, 0.5) is 10.5 Å². The van der Waals surface area contributed by atoms with E-state index in [-0.39, 0.29) is 10.6 Å². The molecule has 0 unspecified atom stereocenters. The minimum atomic E-state index is -4.03. The number of amides is 2. The quantitative estimate of drug-likeness (QED) is 0.723. The molecule has 0 aliphatic carbocycles. The van der Waals surface area contributed by atoms with E-state index in [0.717, 1.165) is 0 Å². The Labute approximate surface area is 118 Å². The first-order chi connectivity index (χ1) is 9.05. The van der Waals surface area contributed by atoms with Crippen molar-refractivity contribution in [2.75, 3.05) is 12.8 Å². The van der Waals surface area contributed by atoms with Crippen LogP contribution in [0.3, 0.4) is 0 Å². The highest BCUT2D eigenvalue weighted by Gasteiger charge is 2.24. The molecule has 4 N–H and O–H groups in total. The molecule has 1 aromatic carbocycles. The fourth-order valence-corrected chi connectivity index (χ4v) is 2.51. The lowest BCUT2D eigenvalue weighted by atomic mass is 10.1. The van der Waals surface area contributed by atoms with Crippen molar-refractivity contribution in [1.82, 2.24) is 10.0 Å². The van der Waals surface area contributed by atoms with Crippen LogP contribution in [-0.4, -0.2) is 27.1 Å². The molecular weight excluding hydrogens is 282 g/mol. The first-order valence-electron chi connectivity index (χ1n) is 5.83. The molecule has 0 aromatic heterocycles. The van der Waals surface area contributed by atoms with Gasteiger partial charge in [-0.1, -0.05) is 0 Å². The average molecular weight is 301 g/mol. The van der Waals surface area contributed by atoms with Gasteiger partial charge in [0, 0.05) is 17.3 Å². The predicted octanol–water partition coefficient (Wildman–Crippen LogP) is 1.06. The molecule has 2 amide bonds. The molecule has 1 aromatic rings. The Bertz CT molecular complexity index is 606. The third-order valence-corrected chi connectivity index (χ3v) is 3.56. The van der Waals surface area contributed by atoms with Crippen molar-refractivity contribution in [1.29, 1.82) is 0 Å². The van der Waals surface area contributed by atoms with Crippen LogP contribution in [-0.2, 0) is 10.0 Å². The maximum atomic E-state index is 12.1. The van der Waals surface area contributed by atoms with E-state index in [2.05, 4.69) is 5.32 Å². The molecule has 0 heterocycles. The van der Waals surface area contributed by atoms with Gasteiger partial charge in [-0.25, -0.2) is 17.9 Å². The van der Waals surface area contributed by atoms with Crippen LogP contribution in [0.5, 0.6) is 5.75 Å². The lowest BCUT2D eigenvalue weighted by Gasteiger charge is -2.21. The third kappa shape index (κ3) is 4.30. The number of benzene rings is 1. The average Bonchev–Trinajstić information content (AvgIpc) is 2.24. The van der Waals surface area contributed by atoms with Crippen molar-refractivity contribution < 1.29 is 17.9 Å². The summed E-state index contributed by atoms with van der Waals surface area (Å²) in [6, 6.07) is 3.26. The molecule has 0 spiro atoms. The number of anilines is 1. The van der Waals surface area contributed by atoms with Gasteiger partial charge in [0.05, 0.1) is 7.11 Å². The van der Waals surface area contributed by atoms with Gasteiger partial charge in [0.1, 0.15) is 10.6 Å². The van der Waals surface area contributed by atoms with Crippen LogP contribution in [0, 0.1) is 0 Å². The number of hydrogen-bond donors (Lipinski definition) is 3. The van der Waals surface area contributed by atoms with Crippen LogP contribution in [0.25, 0.3) is 0 Å². The summed E-state index contributed by atoms with van der Waals surface area (Å²) in [6.07, 6.45) is 0. The molecule has 0 bridgehead atoms. The highest BCUT2D eigenvalue weighted by Crippen LogP contribution is 2.25. The number of rotatable bonds is 3. The van der Waals surface area contributed by atoms with Crippen LogP contribution in [0.1, 0.15) is 20.8 Å². The van der Waals surface area contributed by atoms with Gasteiger partial charge in [-0.15, -0.1) is 0 Å².